The third kappa shape index (κ3) is 4.66. The molecule has 0 unspecified atom stereocenters. The SMILES string of the molecule is CCN1CCN(C2CCN(Cc3cc(OC)ccc3OC)CC2)CC1. The lowest BCUT2D eigenvalue weighted by atomic mass is 10.0. The van der Waals surface area contributed by atoms with Crippen LogP contribution in [-0.4, -0.2) is 80.8 Å². The number of likely N-dealkylation sites (tertiary alicyclic amines) is 1. The molecular formula is C20H33N3O2. The van der Waals surface area contributed by atoms with Crippen LogP contribution >= 0.6 is 0 Å². The molecule has 2 aliphatic rings. The van der Waals surface area contributed by atoms with Crippen LogP contribution in [0, 0.1) is 0 Å². The van der Waals surface area contributed by atoms with Crippen LogP contribution in [-0.2, 0) is 6.54 Å². The fourth-order valence-electron chi connectivity index (χ4n) is 4.13. The first-order chi connectivity index (χ1) is 12.2. The molecule has 2 heterocycles. The second-order valence-corrected chi connectivity index (χ2v) is 7.16. The van der Waals surface area contributed by atoms with E-state index >= 15 is 0 Å². The summed E-state index contributed by atoms with van der Waals surface area (Å²) in [6, 6.07) is 6.84. The minimum absolute atomic E-state index is 0.766. The molecular weight excluding hydrogens is 314 g/mol. The Morgan fingerprint density at radius 3 is 2.24 bits per heavy atom. The van der Waals surface area contributed by atoms with Crippen molar-refractivity contribution in [1.82, 2.24) is 14.7 Å². The minimum Gasteiger partial charge on any atom is -0.497 e. The zero-order valence-electron chi connectivity index (χ0n) is 16.0. The first kappa shape index (κ1) is 18.5. The number of benzene rings is 1. The smallest absolute Gasteiger partial charge is 0.123 e. The van der Waals surface area contributed by atoms with Crippen molar-refractivity contribution in [2.75, 3.05) is 60.0 Å². The van der Waals surface area contributed by atoms with Crippen molar-refractivity contribution in [3.8, 4) is 11.5 Å². The van der Waals surface area contributed by atoms with Crippen molar-refractivity contribution in [2.24, 2.45) is 0 Å². The van der Waals surface area contributed by atoms with Crippen LogP contribution in [0.3, 0.4) is 0 Å². The summed E-state index contributed by atoms with van der Waals surface area (Å²) in [4.78, 5) is 7.83. The summed E-state index contributed by atoms with van der Waals surface area (Å²) in [6.07, 6.45) is 2.55. The number of hydrogen-bond donors (Lipinski definition) is 0. The molecule has 2 fully saturated rings. The van der Waals surface area contributed by atoms with Gasteiger partial charge < -0.3 is 14.4 Å². The van der Waals surface area contributed by atoms with Crippen LogP contribution in [0.1, 0.15) is 25.3 Å². The summed E-state index contributed by atoms with van der Waals surface area (Å²) in [5, 5.41) is 0. The molecule has 5 nitrogen and oxygen atoms in total. The number of hydrogen-bond acceptors (Lipinski definition) is 5. The highest BCUT2D eigenvalue weighted by atomic mass is 16.5. The predicted molar refractivity (Wildman–Crippen MR) is 102 cm³/mol. The largest absolute Gasteiger partial charge is 0.497 e. The van der Waals surface area contributed by atoms with Crippen molar-refractivity contribution in [3.05, 3.63) is 23.8 Å². The molecule has 0 bridgehead atoms. The summed E-state index contributed by atoms with van der Waals surface area (Å²) >= 11 is 0. The van der Waals surface area contributed by atoms with E-state index in [-0.39, 0.29) is 0 Å². The third-order valence-electron chi connectivity index (χ3n) is 5.81. The van der Waals surface area contributed by atoms with Gasteiger partial charge >= 0.3 is 0 Å². The second-order valence-electron chi connectivity index (χ2n) is 7.16. The zero-order valence-corrected chi connectivity index (χ0v) is 16.0. The quantitative estimate of drug-likeness (QED) is 0.787. The van der Waals surface area contributed by atoms with Crippen molar-refractivity contribution < 1.29 is 9.47 Å². The maximum absolute atomic E-state index is 5.53. The van der Waals surface area contributed by atoms with E-state index in [0.717, 1.165) is 24.1 Å². The number of methoxy groups -OCH3 is 2. The molecule has 25 heavy (non-hydrogen) atoms. The average molecular weight is 348 g/mol. The monoisotopic (exact) mass is 347 g/mol. The van der Waals surface area contributed by atoms with E-state index in [2.05, 4.69) is 27.7 Å². The van der Waals surface area contributed by atoms with Crippen LogP contribution in [0.2, 0.25) is 0 Å². The molecule has 0 atom stereocenters. The van der Waals surface area contributed by atoms with E-state index in [9.17, 15) is 0 Å². The van der Waals surface area contributed by atoms with Crippen LogP contribution in [0.15, 0.2) is 18.2 Å². The summed E-state index contributed by atoms with van der Waals surface area (Å²) in [5.41, 5.74) is 1.22. The highest BCUT2D eigenvalue weighted by Gasteiger charge is 2.27. The van der Waals surface area contributed by atoms with Gasteiger partial charge in [-0.15, -0.1) is 0 Å². The molecule has 5 heteroatoms. The van der Waals surface area contributed by atoms with Crippen molar-refractivity contribution >= 4 is 0 Å². The van der Waals surface area contributed by atoms with Crippen LogP contribution in [0.4, 0.5) is 0 Å². The Balaban J connectivity index is 1.51. The van der Waals surface area contributed by atoms with E-state index in [0.29, 0.717) is 0 Å². The van der Waals surface area contributed by atoms with E-state index in [1.165, 1.54) is 64.2 Å². The van der Waals surface area contributed by atoms with Gasteiger partial charge in [0.05, 0.1) is 14.2 Å². The van der Waals surface area contributed by atoms with Gasteiger partial charge in [-0.2, -0.15) is 0 Å². The highest BCUT2D eigenvalue weighted by molar-refractivity contribution is 5.40. The fraction of sp³-hybridized carbons (Fsp3) is 0.700. The van der Waals surface area contributed by atoms with Gasteiger partial charge in [-0.05, 0) is 50.7 Å². The summed E-state index contributed by atoms with van der Waals surface area (Å²) in [7, 11) is 3.46. The Kier molecular flexibility index (Phi) is 6.57. The molecule has 1 aromatic carbocycles. The van der Waals surface area contributed by atoms with Crippen molar-refractivity contribution in [3.63, 3.8) is 0 Å². The first-order valence-electron chi connectivity index (χ1n) is 9.63. The number of piperazine rings is 1. The lowest BCUT2D eigenvalue weighted by molar-refractivity contribution is 0.0592. The summed E-state index contributed by atoms with van der Waals surface area (Å²) in [6.45, 7) is 11.7. The molecule has 0 N–H and O–H groups in total. The lowest BCUT2D eigenvalue weighted by Crippen LogP contribution is -2.53. The Labute approximate surface area is 152 Å². The number of piperidine rings is 1. The van der Waals surface area contributed by atoms with E-state index in [4.69, 9.17) is 9.47 Å². The zero-order chi connectivity index (χ0) is 17.6. The molecule has 0 amide bonds. The maximum atomic E-state index is 5.53. The number of ether oxygens (including phenoxy) is 2. The third-order valence-corrected chi connectivity index (χ3v) is 5.81. The summed E-state index contributed by atoms with van der Waals surface area (Å²) in [5.74, 6) is 1.86. The number of likely N-dealkylation sites (N-methyl/N-ethyl adjacent to an activating group) is 1. The summed E-state index contributed by atoms with van der Waals surface area (Å²) < 4.78 is 10.9. The molecule has 3 rings (SSSR count). The molecule has 0 aromatic heterocycles. The fourth-order valence-corrected chi connectivity index (χ4v) is 4.13. The Morgan fingerprint density at radius 1 is 0.920 bits per heavy atom. The molecule has 0 aliphatic carbocycles. The highest BCUT2D eigenvalue weighted by Crippen LogP contribution is 2.27. The Morgan fingerprint density at radius 2 is 1.64 bits per heavy atom. The Bertz CT molecular complexity index is 536. The topological polar surface area (TPSA) is 28.2 Å². The normalized spacial score (nSPS) is 21.4. The standard InChI is InChI=1S/C20H33N3O2/c1-4-21-11-13-23(14-12-21)18-7-9-22(10-8-18)16-17-15-19(24-2)5-6-20(17)25-3/h5-6,15,18H,4,7-14,16H2,1-3H3. The van der Waals surface area contributed by atoms with Crippen molar-refractivity contribution in [2.45, 2.75) is 32.4 Å². The lowest BCUT2D eigenvalue weighted by Gasteiger charge is -2.42. The van der Waals surface area contributed by atoms with Gasteiger partial charge in [0, 0.05) is 44.3 Å². The van der Waals surface area contributed by atoms with Crippen LogP contribution < -0.4 is 9.47 Å². The maximum Gasteiger partial charge on any atom is 0.123 e. The minimum atomic E-state index is 0.766. The molecule has 0 saturated carbocycles. The van der Waals surface area contributed by atoms with Gasteiger partial charge in [-0.3, -0.25) is 9.80 Å². The van der Waals surface area contributed by atoms with Gasteiger partial charge in [0.1, 0.15) is 11.5 Å². The van der Waals surface area contributed by atoms with E-state index in [1.807, 2.05) is 12.1 Å². The van der Waals surface area contributed by atoms with Gasteiger partial charge in [-0.1, -0.05) is 6.92 Å². The van der Waals surface area contributed by atoms with E-state index < -0.39 is 0 Å². The van der Waals surface area contributed by atoms with Gasteiger partial charge in [0.25, 0.3) is 0 Å². The average Bonchev–Trinajstić information content (AvgIpc) is 2.68. The van der Waals surface area contributed by atoms with Crippen LogP contribution in [0.25, 0.3) is 0 Å². The number of rotatable bonds is 6. The Hall–Kier alpha value is -1.30. The van der Waals surface area contributed by atoms with Gasteiger partial charge in [0.2, 0.25) is 0 Å². The second kappa shape index (κ2) is 8.88. The van der Waals surface area contributed by atoms with Gasteiger partial charge in [-0.25, -0.2) is 0 Å². The van der Waals surface area contributed by atoms with Crippen molar-refractivity contribution in [1.29, 1.82) is 0 Å². The van der Waals surface area contributed by atoms with Gasteiger partial charge in [0.15, 0.2) is 0 Å². The molecule has 2 saturated heterocycles. The molecule has 2 aliphatic heterocycles. The first-order valence-corrected chi connectivity index (χ1v) is 9.63. The predicted octanol–water partition coefficient (Wildman–Crippen LogP) is 2.31. The molecule has 1 aromatic rings. The molecule has 0 radical (unpaired) electrons. The molecule has 140 valence electrons. The van der Waals surface area contributed by atoms with Crippen LogP contribution in [0.5, 0.6) is 11.5 Å². The molecule has 0 spiro atoms. The van der Waals surface area contributed by atoms with E-state index in [1.54, 1.807) is 14.2 Å². The number of nitrogens with zero attached hydrogens (tertiary/aromatic N) is 3.